The Hall–Kier alpha value is -1.30. The maximum Gasteiger partial charge on any atom is 0.239 e. The third-order valence-corrected chi connectivity index (χ3v) is 2.67. The summed E-state index contributed by atoms with van der Waals surface area (Å²) in [4.78, 5) is 19.2. The monoisotopic (exact) mass is 318 g/mol. The lowest BCUT2D eigenvalue weighted by molar-refractivity contribution is -0.125. The Labute approximate surface area is 130 Å². The molecule has 4 N–H and O–H groups in total. The number of amides is 1. The first-order valence-corrected chi connectivity index (χ1v) is 5.97. The molecule has 0 aliphatic carbocycles. The highest BCUT2D eigenvalue weighted by atomic mass is 35.5. The lowest BCUT2D eigenvalue weighted by Gasteiger charge is -2.17. The highest BCUT2D eigenvalue weighted by Crippen LogP contribution is 2.10. The Morgan fingerprint density at radius 2 is 2.00 bits per heavy atom. The molecule has 0 fully saturated rings. The number of aromatic nitrogens is 2. The summed E-state index contributed by atoms with van der Waals surface area (Å²) in [7, 11) is 0. The average Bonchev–Trinajstić information content (AvgIpc) is 2.70. The van der Waals surface area contributed by atoms with Crippen LogP contribution in [0.2, 0.25) is 0 Å². The number of hydrogen-bond donors (Lipinski definition) is 3. The van der Waals surface area contributed by atoms with Gasteiger partial charge in [0.1, 0.15) is 5.82 Å². The van der Waals surface area contributed by atoms with Gasteiger partial charge in [0.05, 0.1) is 16.6 Å². The van der Waals surface area contributed by atoms with Crippen LogP contribution >= 0.6 is 24.8 Å². The standard InChI is InChI=1S/C13H18N4O.2ClH/c1-13(2,14)12(18)15-8-7-11-16-9-5-3-4-6-10(9)17-11;;/h3-6H,7-8,14H2,1-2H3,(H,15,18)(H,16,17);2*1H. The minimum Gasteiger partial charge on any atom is -0.354 e. The molecule has 0 radical (unpaired) electrons. The number of fused-ring (bicyclic) bond motifs is 1. The quantitative estimate of drug-likeness (QED) is 0.803. The predicted octanol–water partition coefficient (Wildman–Crippen LogP) is 1.80. The van der Waals surface area contributed by atoms with Crippen LogP contribution in [0.1, 0.15) is 19.7 Å². The number of benzene rings is 1. The van der Waals surface area contributed by atoms with E-state index in [9.17, 15) is 4.79 Å². The molecule has 0 saturated carbocycles. The van der Waals surface area contributed by atoms with Crippen molar-refractivity contribution in [3.63, 3.8) is 0 Å². The first kappa shape index (κ1) is 18.7. The minimum atomic E-state index is -0.839. The van der Waals surface area contributed by atoms with Crippen LogP contribution < -0.4 is 11.1 Å². The number of imidazole rings is 1. The highest BCUT2D eigenvalue weighted by Gasteiger charge is 2.20. The fourth-order valence-corrected chi connectivity index (χ4v) is 1.65. The summed E-state index contributed by atoms with van der Waals surface area (Å²) in [6, 6.07) is 7.85. The van der Waals surface area contributed by atoms with Gasteiger partial charge in [-0.3, -0.25) is 4.79 Å². The van der Waals surface area contributed by atoms with Crippen LogP contribution in [0, 0.1) is 0 Å². The van der Waals surface area contributed by atoms with E-state index in [-0.39, 0.29) is 30.7 Å². The van der Waals surface area contributed by atoms with Gasteiger partial charge in [-0.2, -0.15) is 0 Å². The zero-order valence-electron chi connectivity index (χ0n) is 11.5. The van der Waals surface area contributed by atoms with Crippen molar-refractivity contribution in [3.8, 4) is 0 Å². The largest absolute Gasteiger partial charge is 0.354 e. The minimum absolute atomic E-state index is 0. The van der Waals surface area contributed by atoms with Gasteiger partial charge in [0.15, 0.2) is 0 Å². The summed E-state index contributed by atoms with van der Waals surface area (Å²) in [6.45, 7) is 3.90. The number of carbonyl (C=O) groups excluding carboxylic acids is 1. The van der Waals surface area contributed by atoms with E-state index in [1.807, 2.05) is 24.3 Å². The molecule has 0 spiro atoms. The van der Waals surface area contributed by atoms with Crippen molar-refractivity contribution in [2.45, 2.75) is 25.8 Å². The lowest BCUT2D eigenvalue weighted by Crippen LogP contribution is -2.49. The van der Waals surface area contributed by atoms with Crippen LogP contribution in [0.5, 0.6) is 0 Å². The van der Waals surface area contributed by atoms with E-state index in [1.165, 1.54) is 0 Å². The number of para-hydroxylation sites is 2. The fraction of sp³-hybridized carbons (Fsp3) is 0.385. The van der Waals surface area contributed by atoms with Crippen molar-refractivity contribution in [1.29, 1.82) is 0 Å². The van der Waals surface area contributed by atoms with E-state index in [1.54, 1.807) is 13.8 Å². The molecule has 1 heterocycles. The van der Waals surface area contributed by atoms with Gasteiger partial charge in [-0.15, -0.1) is 24.8 Å². The molecule has 0 unspecified atom stereocenters. The molecule has 2 rings (SSSR count). The molecule has 1 amide bonds. The summed E-state index contributed by atoms with van der Waals surface area (Å²) in [5.74, 6) is 0.713. The average molecular weight is 319 g/mol. The number of rotatable bonds is 4. The summed E-state index contributed by atoms with van der Waals surface area (Å²) in [5, 5.41) is 2.79. The van der Waals surface area contributed by atoms with E-state index < -0.39 is 5.54 Å². The number of carbonyl (C=O) groups is 1. The number of hydrogen-bond acceptors (Lipinski definition) is 3. The third-order valence-electron chi connectivity index (χ3n) is 2.67. The summed E-state index contributed by atoms with van der Waals surface area (Å²) < 4.78 is 0. The Morgan fingerprint density at radius 1 is 1.35 bits per heavy atom. The van der Waals surface area contributed by atoms with Crippen LogP contribution in [-0.4, -0.2) is 28.0 Å². The molecular weight excluding hydrogens is 299 g/mol. The van der Waals surface area contributed by atoms with Crippen LogP contribution in [-0.2, 0) is 11.2 Å². The van der Waals surface area contributed by atoms with Crippen molar-refractivity contribution in [1.82, 2.24) is 15.3 Å². The van der Waals surface area contributed by atoms with Crippen molar-refractivity contribution < 1.29 is 4.79 Å². The Bertz CT molecular complexity index is 530. The molecule has 1 aromatic carbocycles. The Morgan fingerprint density at radius 3 is 2.60 bits per heavy atom. The molecule has 5 nitrogen and oxygen atoms in total. The topological polar surface area (TPSA) is 83.8 Å². The molecule has 0 aliphatic heterocycles. The Balaban J connectivity index is 0.00000180. The van der Waals surface area contributed by atoms with E-state index in [2.05, 4.69) is 15.3 Å². The van der Waals surface area contributed by atoms with Gasteiger partial charge in [0.2, 0.25) is 5.91 Å². The van der Waals surface area contributed by atoms with Crippen molar-refractivity contribution in [2.24, 2.45) is 5.73 Å². The third kappa shape index (κ3) is 4.67. The molecular formula is C13H20Cl2N4O. The molecule has 1 aromatic heterocycles. The predicted molar refractivity (Wildman–Crippen MR) is 85.6 cm³/mol. The van der Waals surface area contributed by atoms with Crippen LogP contribution in [0.4, 0.5) is 0 Å². The molecule has 112 valence electrons. The SMILES string of the molecule is CC(C)(N)C(=O)NCCc1nc2ccccc2[nH]1.Cl.Cl. The van der Waals surface area contributed by atoms with Crippen LogP contribution in [0.3, 0.4) is 0 Å². The molecule has 2 aromatic rings. The van der Waals surface area contributed by atoms with Gasteiger partial charge in [-0.05, 0) is 26.0 Å². The van der Waals surface area contributed by atoms with E-state index >= 15 is 0 Å². The number of nitrogens with two attached hydrogens (primary N) is 1. The summed E-state index contributed by atoms with van der Waals surface area (Å²) >= 11 is 0. The van der Waals surface area contributed by atoms with Crippen molar-refractivity contribution in [3.05, 3.63) is 30.1 Å². The maximum atomic E-state index is 11.6. The summed E-state index contributed by atoms with van der Waals surface area (Å²) in [6.07, 6.45) is 0.663. The second-order valence-electron chi connectivity index (χ2n) is 4.93. The van der Waals surface area contributed by atoms with Crippen molar-refractivity contribution in [2.75, 3.05) is 6.54 Å². The maximum absolute atomic E-state index is 11.6. The normalized spacial score (nSPS) is 10.6. The van der Waals surface area contributed by atoms with Gasteiger partial charge < -0.3 is 16.0 Å². The molecule has 0 atom stereocenters. The summed E-state index contributed by atoms with van der Waals surface area (Å²) in [5.41, 5.74) is 6.80. The van der Waals surface area contributed by atoms with Gasteiger partial charge in [-0.25, -0.2) is 4.98 Å². The number of halogens is 2. The Kier molecular flexibility index (Phi) is 6.99. The van der Waals surface area contributed by atoms with Gasteiger partial charge >= 0.3 is 0 Å². The van der Waals surface area contributed by atoms with E-state index in [4.69, 9.17) is 5.73 Å². The lowest BCUT2D eigenvalue weighted by atomic mass is 10.1. The first-order valence-electron chi connectivity index (χ1n) is 5.97. The van der Waals surface area contributed by atoms with E-state index in [0.29, 0.717) is 13.0 Å². The van der Waals surface area contributed by atoms with Crippen LogP contribution in [0.15, 0.2) is 24.3 Å². The van der Waals surface area contributed by atoms with Crippen molar-refractivity contribution >= 4 is 41.8 Å². The fourth-order valence-electron chi connectivity index (χ4n) is 1.65. The molecule has 20 heavy (non-hydrogen) atoms. The first-order chi connectivity index (χ1) is 8.47. The van der Waals surface area contributed by atoms with Gasteiger partial charge in [-0.1, -0.05) is 12.1 Å². The van der Waals surface area contributed by atoms with Crippen LogP contribution in [0.25, 0.3) is 11.0 Å². The highest BCUT2D eigenvalue weighted by molar-refractivity contribution is 5.86. The molecule has 0 saturated heterocycles. The zero-order valence-corrected chi connectivity index (χ0v) is 13.1. The molecule has 0 bridgehead atoms. The molecule has 0 aliphatic rings. The second kappa shape index (κ2) is 7.47. The van der Waals surface area contributed by atoms with E-state index in [0.717, 1.165) is 16.9 Å². The molecule has 7 heteroatoms. The number of nitrogens with zero attached hydrogens (tertiary/aromatic N) is 1. The number of aromatic amines is 1. The second-order valence-corrected chi connectivity index (χ2v) is 4.93. The number of H-pyrrole nitrogens is 1. The number of nitrogens with one attached hydrogen (secondary N) is 2. The zero-order chi connectivity index (χ0) is 13.2. The van der Waals surface area contributed by atoms with Gasteiger partial charge in [0.25, 0.3) is 0 Å². The van der Waals surface area contributed by atoms with Gasteiger partial charge in [0, 0.05) is 13.0 Å². The smallest absolute Gasteiger partial charge is 0.239 e.